The lowest BCUT2D eigenvalue weighted by atomic mass is 10.2. The molecule has 0 aliphatic rings. The highest BCUT2D eigenvalue weighted by Gasteiger charge is 1.94. The zero-order valence-electron chi connectivity index (χ0n) is 7.55. The maximum atomic E-state index is 5.52. The zero-order valence-corrected chi connectivity index (χ0v) is 8.30. The van der Waals surface area contributed by atoms with Crippen molar-refractivity contribution in [1.82, 2.24) is 9.97 Å². The Balaban J connectivity index is 2.31. The van der Waals surface area contributed by atoms with Crippen molar-refractivity contribution in [3.05, 3.63) is 30.1 Å². The van der Waals surface area contributed by atoms with Crippen molar-refractivity contribution in [1.29, 1.82) is 0 Å². The normalized spacial score (nSPS) is 9.79. The van der Waals surface area contributed by atoms with Gasteiger partial charge in [0, 0.05) is 30.3 Å². The predicted molar refractivity (Wildman–Crippen MR) is 58.3 cm³/mol. The summed E-state index contributed by atoms with van der Waals surface area (Å²) in [6.45, 7) is 0. The molecule has 2 aromatic rings. The molecule has 1 N–H and O–H groups in total. The Morgan fingerprint density at radius 1 is 1.50 bits per heavy atom. The first-order chi connectivity index (χ1) is 6.90. The van der Waals surface area contributed by atoms with Gasteiger partial charge < -0.3 is 4.98 Å². The van der Waals surface area contributed by atoms with Gasteiger partial charge in [0.25, 0.3) is 0 Å². The van der Waals surface area contributed by atoms with Crippen molar-refractivity contribution in [2.24, 2.45) is 0 Å². The summed E-state index contributed by atoms with van der Waals surface area (Å²) >= 11 is 5.52. The summed E-state index contributed by atoms with van der Waals surface area (Å²) in [4.78, 5) is 7.35. The van der Waals surface area contributed by atoms with E-state index >= 15 is 0 Å². The summed E-state index contributed by atoms with van der Waals surface area (Å²) in [7, 11) is 0. The molecule has 2 rings (SSSR count). The topological polar surface area (TPSA) is 28.7 Å². The van der Waals surface area contributed by atoms with Crippen LogP contribution in [0.3, 0.4) is 0 Å². The Bertz CT molecular complexity index is 490. The molecule has 0 atom stereocenters. The monoisotopic (exact) mass is 204 g/mol. The zero-order chi connectivity index (χ0) is 9.80. The SMILES string of the molecule is ClCCC#Cc1cnc2cc[nH]c2c1. The molecule has 0 aliphatic heterocycles. The Labute approximate surface area is 87.3 Å². The quantitative estimate of drug-likeness (QED) is 0.561. The van der Waals surface area contributed by atoms with Crippen LogP contribution in [0.4, 0.5) is 0 Å². The summed E-state index contributed by atoms with van der Waals surface area (Å²) in [5, 5.41) is 0. The van der Waals surface area contributed by atoms with Crippen LogP contribution in [0.5, 0.6) is 0 Å². The molecule has 0 unspecified atom stereocenters. The van der Waals surface area contributed by atoms with Gasteiger partial charge in [0.05, 0.1) is 11.0 Å². The third-order valence-electron chi connectivity index (χ3n) is 1.85. The summed E-state index contributed by atoms with van der Waals surface area (Å²) in [5.41, 5.74) is 2.90. The van der Waals surface area contributed by atoms with Crippen molar-refractivity contribution < 1.29 is 0 Å². The molecule has 0 amide bonds. The highest BCUT2D eigenvalue weighted by Crippen LogP contribution is 2.09. The maximum absolute atomic E-state index is 5.52. The lowest BCUT2D eigenvalue weighted by molar-refractivity contribution is 1.29. The number of rotatable bonds is 1. The van der Waals surface area contributed by atoms with Crippen LogP contribution in [0.15, 0.2) is 24.5 Å². The summed E-state index contributed by atoms with van der Waals surface area (Å²) in [6, 6.07) is 3.93. The highest BCUT2D eigenvalue weighted by molar-refractivity contribution is 6.18. The number of hydrogen-bond donors (Lipinski definition) is 1. The average molecular weight is 205 g/mol. The molecular weight excluding hydrogens is 196 g/mol. The average Bonchev–Trinajstić information content (AvgIpc) is 2.65. The van der Waals surface area contributed by atoms with E-state index in [2.05, 4.69) is 21.8 Å². The minimum absolute atomic E-state index is 0.575. The van der Waals surface area contributed by atoms with Crippen molar-refractivity contribution in [3.63, 3.8) is 0 Å². The Morgan fingerprint density at radius 3 is 3.29 bits per heavy atom. The molecule has 0 radical (unpaired) electrons. The fraction of sp³-hybridized carbons (Fsp3) is 0.182. The number of fused-ring (bicyclic) bond motifs is 1. The number of nitrogens with zero attached hydrogens (tertiary/aromatic N) is 1. The molecule has 0 spiro atoms. The molecule has 2 nitrogen and oxygen atoms in total. The molecule has 0 bridgehead atoms. The Hall–Kier alpha value is -1.46. The minimum atomic E-state index is 0.575. The fourth-order valence-electron chi connectivity index (χ4n) is 1.21. The van der Waals surface area contributed by atoms with Crippen molar-refractivity contribution in [2.75, 3.05) is 5.88 Å². The van der Waals surface area contributed by atoms with E-state index in [1.807, 2.05) is 18.3 Å². The van der Waals surface area contributed by atoms with Gasteiger partial charge in [-0.1, -0.05) is 11.8 Å². The summed E-state index contributed by atoms with van der Waals surface area (Å²) in [6.07, 6.45) is 4.36. The molecular formula is C11H9ClN2. The first kappa shape index (κ1) is 9.11. The Morgan fingerprint density at radius 2 is 2.43 bits per heavy atom. The Kier molecular flexibility index (Phi) is 2.71. The number of aromatic amines is 1. The van der Waals surface area contributed by atoms with Gasteiger partial charge in [0.2, 0.25) is 0 Å². The van der Waals surface area contributed by atoms with E-state index < -0.39 is 0 Å². The lowest BCUT2D eigenvalue weighted by Gasteiger charge is -1.90. The largest absolute Gasteiger partial charge is 0.360 e. The molecule has 0 saturated carbocycles. The van der Waals surface area contributed by atoms with Crippen molar-refractivity contribution in [3.8, 4) is 11.8 Å². The van der Waals surface area contributed by atoms with Crippen LogP contribution in [0, 0.1) is 11.8 Å². The van der Waals surface area contributed by atoms with Gasteiger partial charge >= 0.3 is 0 Å². The summed E-state index contributed by atoms with van der Waals surface area (Å²) < 4.78 is 0. The molecule has 70 valence electrons. The van der Waals surface area contributed by atoms with Gasteiger partial charge in [-0.15, -0.1) is 11.6 Å². The molecule has 0 aliphatic carbocycles. The summed E-state index contributed by atoms with van der Waals surface area (Å²) in [5.74, 6) is 6.56. The number of nitrogens with one attached hydrogen (secondary N) is 1. The van der Waals surface area contributed by atoms with E-state index in [0.717, 1.165) is 16.6 Å². The molecule has 2 aromatic heterocycles. The van der Waals surface area contributed by atoms with E-state index in [4.69, 9.17) is 11.6 Å². The van der Waals surface area contributed by atoms with Crippen LogP contribution < -0.4 is 0 Å². The number of aromatic nitrogens is 2. The number of halogens is 1. The number of hydrogen-bond acceptors (Lipinski definition) is 1. The van der Waals surface area contributed by atoms with Crippen LogP contribution in [0.25, 0.3) is 11.0 Å². The third-order valence-corrected chi connectivity index (χ3v) is 2.04. The van der Waals surface area contributed by atoms with Gasteiger partial charge in [-0.05, 0) is 12.1 Å². The maximum Gasteiger partial charge on any atom is 0.0879 e. The highest BCUT2D eigenvalue weighted by atomic mass is 35.5. The van der Waals surface area contributed by atoms with Crippen LogP contribution in [0.2, 0.25) is 0 Å². The van der Waals surface area contributed by atoms with Crippen molar-refractivity contribution >= 4 is 22.6 Å². The molecule has 14 heavy (non-hydrogen) atoms. The van der Waals surface area contributed by atoms with Crippen LogP contribution >= 0.6 is 11.6 Å². The molecule has 0 saturated heterocycles. The van der Waals surface area contributed by atoms with Gasteiger partial charge in [0.15, 0.2) is 0 Å². The first-order valence-corrected chi connectivity index (χ1v) is 4.91. The number of H-pyrrole nitrogens is 1. The van der Waals surface area contributed by atoms with Gasteiger partial charge in [0.1, 0.15) is 0 Å². The molecule has 3 heteroatoms. The van der Waals surface area contributed by atoms with E-state index in [0.29, 0.717) is 12.3 Å². The van der Waals surface area contributed by atoms with E-state index in [9.17, 15) is 0 Å². The fourth-order valence-corrected chi connectivity index (χ4v) is 1.31. The first-order valence-electron chi connectivity index (χ1n) is 4.38. The standard InChI is InChI=1S/C11H9ClN2/c12-5-2-1-3-9-7-11-10(14-8-9)4-6-13-11/h4,6-8,13H,2,5H2. The van der Waals surface area contributed by atoms with Gasteiger partial charge in [-0.3, -0.25) is 4.98 Å². The number of alkyl halides is 1. The second-order valence-electron chi connectivity index (χ2n) is 2.88. The molecule has 2 heterocycles. The van der Waals surface area contributed by atoms with E-state index in [-0.39, 0.29) is 0 Å². The molecule has 0 aromatic carbocycles. The van der Waals surface area contributed by atoms with Gasteiger partial charge in [-0.25, -0.2) is 0 Å². The van der Waals surface area contributed by atoms with Crippen LogP contribution in [-0.4, -0.2) is 15.8 Å². The van der Waals surface area contributed by atoms with E-state index in [1.54, 1.807) is 6.20 Å². The van der Waals surface area contributed by atoms with E-state index in [1.165, 1.54) is 0 Å². The third kappa shape index (κ3) is 1.89. The number of pyridine rings is 1. The minimum Gasteiger partial charge on any atom is -0.360 e. The van der Waals surface area contributed by atoms with Crippen LogP contribution in [-0.2, 0) is 0 Å². The lowest BCUT2D eigenvalue weighted by Crippen LogP contribution is -1.79. The van der Waals surface area contributed by atoms with Gasteiger partial charge in [-0.2, -0.15) is 0 Å². The smallest absolute Gasteiger partial charge is 0.0879 e. The van der Waals surface area contributed by atoms with Crippen LogP contribution in [0.1, 0.15) is 12.0 Å². The second-order valence-corrected chi connectivity index (χ2v) is 3.25. The second kappa shape index (κ2) is 4.17. The molecule has 0 fully saturated rings. The predicted octanol–water partition coefficient (Wildman–Crippen LogP) is 2.54. The van der Waals surface area contributed by atoms with Crippen molar-refractivity contribution in [2.45, 2.75) is 6.42 Å².